The molecule has 1 aromatic carbocycles. The monoisotopic (exact) mass is 337 g/mol. The van der Waals surface area contributed by atoms with Crippen LogP contribution in [0.3, 0.4) is 0 Å². The summed E-state index contributed by atoms with van der Waals surface area (Å²) < 4.78 is 60.9. The number of nitrogens with one attached hydrogen (secondary N) is 2. The van der Waals surface area contributed by atoms with E-state index in [4.69, 9.17) is 0 Å². The van der Waals surface area contributed by atoms with Crippen LogP contribution in [0.2, 0.25) is 0 Å². The van der Waals surface area contributed by atoms with Crippen molar-refractivity contribution in [2.45, 2.75) is 13.1 Å². The van der Waals surface area contributed by atoms with Crippen LogP contribution in [0.25, 0.3) is 10.9 Å². The lowest BCUT2D eigenvalue weighted by molar-refractivity contribution is -0.137. The zero-order valence-corrected chi connectivity index (χ0v) is 12.1. The summed E-state index contributed by atoms with van der Waals surface area (Å²) in [5.41, 5.74) is -3.82. The molecule has 1 heterocycles. The summed E-state index contributed by atoms with van der Waals surface area (Å²) in [4.78, 5) is 27.5. The SMILES string of the molecule is Cc1cc2c(=O)n(NS(C)(=O)=O)c(=O)[nH]c2cc1C(F)(F)F. The summed E-state index contributed by atoms with van der Waals surface area (Å²) in [7, 11) is -3.92. The second-order valence-electron chi connectivity index (χ2n) is 4.64. The fourth-order valence-corrected chi connectivity index (χ4v) is 2.42. The third-order valence-electron chi connectivity index (χ3n) is 2.81. The Kier molecular flexibility index (Phi) is 3.56. The van der Waals surface area contributed by atoms with Gasteiger partial charge in [-0.3, -0.25) is 4.79 Å². The lowest BCUT2D eigenvalue weighted by Gasteiger charge is -2.12. The van der Waals surface area contributed by atoms with E-state index in [2.05, 4.69) is 0 Å². The summed E-state index contributed by atoms with van der Waals surface area (Å²) >= 11 is 0. The molecule has 0 atom stereocenters. The van der Waals surface area contributed by atoms with Gasteiger partial charge in [-0.05, 0) is 24.6 Å². The molecular weight excluding hydrogens is 327 g/mol. The van der Waals surface area contributed by atoms with Crippen LogP contribution < -0.4 is 16.1 Å². The van der Waals surface area contributed by atoms with E-state index in [-0.39, 0.29) is 21.1 Å². The van der Waals surface area contributed by atoms with Gasteiger partial charge in [-0.2, -0.15) is 17.8 Å². The molecule has 2 aromatic rings. The number of hydrogen-bond donors (Lipinski definition) is 2. The van der Waals surface area contributed by atoms with E-state index in [1.807, 2.05) is 4.98 Å². The number of aryl methyl sites for hydroxylation is 1. The van der Waals surface area contributed by atoms with Gasteiger partial charge in [0.2, 0.25) is 10.0 Å². The molecule has 2 N–H and O–H groups in total. The Labute approximate surface area is 121 Å². The molecule has 7 nitrogen and oxygen atoms in total. The van der Waals surface area contributed by atoms with Crippen molar-refractivity contribution in [2.24, 2.45) is 0 Å². The van der Waals surface area contributed by atoms with E-state index >= 15 is 0 Å². The van der Waals surface area contributed by atoms with Crippen LogP contribution >= 0.6 is 0 Å². The van der Waals surface area contributed by atoms with Crippen LogP contribution in [0.4, 0.5) is 13.2 Å². The molecule has 1 aromatic heterocycles. The highest BCUT2D eigenvalue weighted by atomic mass is 32.2. The van der Waals surface area contributed by atoms with Gasteiger partial charge in [-0.25, -0.2) is 18.0 Å². The highest BCUT2D eigenvalue weighted by molar-refractivity contribution is 7.91. The smallest absolute Gasteiger partial charge is 0.305 e. The zero-order valence-electron chi connectivity index (χ0n) is 11.3. The molecule has 0 aliphatic carbocycles. The number of halogens is 3. The number of benzene rings is 1. The summed E-state index contributed by atoms with van der Waals surface area (Å²) in [6.07, 6.45) is -3.92. The van der Waals surface area contributed by atoms with Gasteiger partial charge >= 0.3 is 11.9 Å². The molecule has 0 spiro atoms. The van der Waals surface area contributed by atoms with Gasteiger partial charge in [0, 0.05) is 0 Å². The van der Waals surface area contributed by atoms with Crippen molar-refractivity contribution in [3.63, 3.8) is 0 Å². The Morgan fingerprint density at radius 3 is 2.32 bits per heavy atom. The summed E-state index contributed by atoms with van der Waals surface area (Å²) in [6, 6.07) is 1.58. The van der Waals surface area contributed by atoms with Crippen LogP contribution in [0.15, 0.2) is 21.7 Å². The number of aromatic amines is 1. The number of rotatable bonds is 2. The summed E-state index contributed by atoms with van der Waals surface area (Å²) in [5, 5.41) is -0.249. The Hall–Kier alpha value is -2.30. The molecule has 120 valence electrons. The molecule has 0 amide bonds. The second-order valence-corrected chi connectivity index (χ2v) is 6.37. The summed E-state index contributed by atoms with van der Waals surface area (Å²) in [5.74, 6) is 0. The Morgan fingerprint density at radius 2 is 1.82 bits per heavy atom. The van der Waals surface area contributed by atoms with Crippen molar-refractivity contribution in [2.75, 3.05) is 11.1 Å². The molecule has 0 saturated carbocycles. The minimum absolute atomic E-state index is 0.185. The standard InChI is InChI=1S/C11H10F3N3O4S/c1-5-3-6-8(4-7(5)11(12,13)14)15-10(19)17(9(6)18)16-22(2,20)21/h3-4,16H,1-2H3,(H,15,19). The first-order valence-corrected chi connectivity index (χ1v) is 7.64. The minimum atomic E-state index is -4.64. The van der Waals surface area contributed by atoms with E-state index in [9.17, 15) is 31.2 Å². The number of alkyl halides is 3. The number of H-pyrrole nitrogens is 1. The topological polar surface area (TPSA) is 101 Å². The molecule has 2 rings (SSSR count). The molecule has 0 unspecified atom stereocenters. The number of nitrogens with zero attached hydrogens (tertiary/aromatic N) is 1. The quantitative estimate of drug-likeness (QED) is 0.834. The lowest BCUT2D eigenvalue weighted by Crippen LogP contribution is -2.43. The molecular formula is C11H10F3N3O4S. The van der Waals surface area contributed by atoms with Gasteiger partial charge in [0.25, 0.3) is 5.56 Å². The zero-order chi connectivity index (χ0) is 16.9. The maximum Gasteiger partial charge on any atom is 0.416 e. The Bertz CT molecular complexity index is 973. The Morgan fingerprint density at radius 1 is 1.23 bits per heavy atom. The lowest BCUT2D eigenvalue weighted by atomic mass is 10.1. The summed E-state index contributed by atoms with van der Waals surface area (Å²) in [6.45, 7) is 1.15. The van der Waals surface area contributed by atoms with Gasteiger partial charge in [0.15, 0.2) is 0 Å². The largest absolute Gasteiger partial charge is 0.416 e. The predicted octanol–water partition coefficient (Wildman–Crippen LogP) is 0.520. The molecule has 22 heavy (non-hydrogen) atoms. The number of sulfonamides is 1. The fraction of sp³-hybridized carbons (Fsp3) is 0.273. The highest BCUT2D eigenvalue weighted by Crippen LogP contribution is 2.33. The molecule has 0 fully saturated rings. The van der Waals surface area contributed by atoms with E-state index in [1.165, 1.54) is 0 Å². The number of aromatic nitrogens is 2. The first-order valence-electron chi connectivity index (χ1n) is 5.75. The van der Waals surface area contributed by atoms with Crippen molar-refractivity contribution in [1.29, 1.82) is 0 Å². The van der Waals surface area contributed by atoms with E-state index in [0.29, 0.717) is 6.07 Å². The molecule has 11 heteroatoms. The van der Waals surface area contributed by atoms with Crippen molar-refractivity contribution in [1.82, 2.24) is 9.66 Å². The predicted molar refractivity (Wildman–Crippen MR) is 72.8 cm³/mol. The second kappa shape index (κ2) is 4.87. The maximum atomic E-state index is 12.8. The van der Waals surface area contributed by atoms with Crippen LogP contribution in [-0.2, 0) is 16.2 Å². The fourth-order valence-electron chi connectivity index (χ4n) is 1.93. The molecule has 0 saturated heterocycles. The van der Waals surface area contributed by atoms with Crippen molar-refractivity contribution < 1.29 is 21.6 Å². The molecule has 0 radical (unpaired) electrons. The normalized spacial score (nSPS) is 12.6. The van der Waals surface area contributed by atoms with Crippen LogP contribution in [0.5, 0.6) is 0 Å². The van der Waals surface area contributed by atoms with E-state index < -0.39 is 33.0 Å². The molecule has 0 aliphatic heterocycles. The number of fused-ring (bicyclic) bond motifs is 1. The molecule has 0 bridgehead atoms. The highest BCUT2D eigenvalue weighted by Gasteiger charge is 2.33. The van der Waals surface area contributed by atoms with Gasteiger partial charge in [0.05, 0.1) is 22.7 Å². The van der Waals surface area contributed by atoms with Gasteiger partial charge in [0.1, 0.15) is 0 Å². The number of hydrogen-bond acceptors (Lipinski definition) is 4. The van der Waals surface area contributed by atoms with Gasteiger partial charge in [-0.1, -0.05) is 0 Å². The average Bonchev–Trinajstić information content (AvgIpc) is 2.32. The van der Waals surface area contributed by atoms with Crippen LogP contribution in [0, 0.1) is 6.92 Å². The van der Waals surface area contributed by atoms with E-state index in [1.54, 1.807) is 4.83 Å². The first-order chi connectivity index (χ1) is 9.90. The van der Waals surface area contributed by atoms with Crippen molar-refractivity contribution in [3.8, 4) is 0 Å². The van der Waals surface area contributed by atoms with Crippen molar-refractivity contribution in [3.05, 3.63) is 44.1 Å². The minimum Gasteiger partial charge on any atom is -0.305 e. The van der Waals surface area contributed by atoms with Gasteiger partial charge in [-0.15, -0.1) is 0 Å². The molecule has 0 aliphatic rings. The third-order valence-corrected chi connectivity index (χ3v) is 3.32. The van der Waals surface area contributed by atoms with Crippen LogP contribution in [-0.4, -0.2) is 24.3 Å². The first kappa shape index (κ1) is 16.1. The van der Waals surface area contributed by atoms with E-state index in [0.717, 1.165) is 19.2 Å². The average molecular weight is 337 g/mol. The third kappa shape index (κ3) is 2.98. The Balaban J connectivity index is 2.84. The van der Waals surface area contributed by atoms with Gasteiger partial charge < -0.3 is 4.98 Å². The van der Waals surface area contributed by atoms with Crippen LogP contribution in [0.1, 0.15) is 11.1 Å². The van der Waals surface area contributed by atoms with Crippen molar-refractivity contribution >= 4 is 20.9 Å². The maximum absolute atomic E-state index is 12.8.